The van der Waals surface area contributed by atoms with Gasteiger partial charge in [0, 0.05) is 13.1 Å². The molecular weight excluding hydrogens is 270 g/mol. The van der Waals surface area contributed by atoms with E-state index in [4.69, 9.17) is 26.2 Å². The molecule has 0 amide bonds. The van der Waals surface area contributed by atoms with E-state index >= 15 is 0 Å². The van der Waals surface area contributed by atoms with Crippen LogP contribution in [0.1, 0.15) is 12.5 Å². The van der Waals surface area contributed by atoms with Crippen LogP contribution in [-0.4, -0.2) is 43.2 Å². The van der Waals surface area contributed by atoms with E-state index in [1.54, 1.807) is 20.1 Å². The Morgan fingerprint density at radius 3 is 2.53 bits per heavy atom. The second-order valence-corrected chi connectivity index (χ2v) is 4.91. The highest BCUT2D eigenvalue weighted by atomic mass is 35.5. The molecule has 0 aliphatic heterocycles. The van der Waals surface area contributed by atoms with Crippen LogP contribution in [0.3, 0.4) is 0 Å². The van der Waals surface area contributed by atoms with Crippen molar-refractivity contribution < 1.29 is 19.7 Å². The molecule has 0 radical (unpaired) electrons. The van der Waals surface area contributed by atoms with Gasteiger partial charge in [-0.1, -0.05) is 17.7 Å². The first-order valence-corrected chi connectivity index (χ1v) is 6.26. The van der Waals surface area contributed by atoms with Gasteiger partial charge in [-0.3, -0.25) is 0 Å². The van der Waals surface area contributed by atoms with Gasteiger partial charge in [-0.25, -0.2) is 0 Å². The fourth-order valence-corrected chi connectivity index (χ4v) is 1.89. The van der Waals surface area contributed by atoms with E-state index in [1.807, 2.05) is 6.07 Å². The molecule has 1 aromatic rings. The summed E-state index contributed by atoms with van der Waals surface area (Å²) in [5.74, 6) is 1.05. The highest BCUT2D eigenvalue weighted by molar-refractivity contribution is 6.33. The molecule has 0 spiro atoms. The van der Waals surface area contributed by atoms with Crippen molar-refractivity contribution in [1.29, 1.82) is 0 Å². The summed E-state index contributed by atoms with van der Waals surface area (Å²) in [7, 11) is 3.07. The van der Waals surface area contributed by atoms with Gasteiger partial charge >= 0.3 is 0 Å². The van der Waals surface area contributed by atoms with Crippen molar-refractivity contribution in [2.24, 2.45) is 0 Å². The van der Waals surface area contributed by atoms with Gasteiger partial charge in [-0.15, -0.1) is 0 Å². The number of aliphatic hydroxyl groups is 2. The Morgan fingerprint density at radius 2 is 2.00 bits per heavy atom. The van der Waals surface area contributed by atoms with Gasteiger partial charge < -0.3 is 25.0 Å². The second-order valence-electron chi connectivity index (χ2n) is 4.53. The lowest BCUT2D eigenvalue weighted by atomic mass is 10.1. The van der Waals surface area contributed by atoms with Crippen LogP contribution < -0.4 is 14.8 Å². The van der Waals surface area contributed by atoms with Crippen LogP contribution in [0, 0.1) is 0 Å². The molecule has 0 aliphatic rings. The summed E-state index contributed by atoms with van der Waals surface area (Å²) in [6, 6.07) is 3.59. The van der Waals surface area contributed by atoms with E-state index in [-0.39, 0.29) is 13.2 Å². The van der Waals surface area contributed by atoms with Crippen molar-refractivity contribution in [3.63, 3.8) is 0 Å². The zero-order valence-electron chi connectivity index (χ0n) is 11.4. The maximum Gasteiger partial charge on any atom is 0.179 e. The molecule has 0 heterocycles. The molecule has 1 rings (SSSR count). The molecule has 0 aliphatic carbocycles. The number of halogens is 1. The highest BCUT2D eigenvalue weighted by Gasteiger charge is 2.19. The second kappa shape index (κ2) is 6.96. The molecular formula is C13H20ClNO4. The molecule has 6 heteroatoms. The summed E-state index contributed by atoms with van der Waals surface area (Å²) in [6.07, 6.45) is 0. The Balaban J connectivity index is 2.75. The molecule has 5 nitrogen and oxygen atoms in total. The van der Waals surface area contributed by atoms with E-state index in [0.29, 0.717) is 23.1 Å². The zero-order chi connectivity index (χ0) is 14.5. The number of nitrogens with one attached hydrogen (secondary N) is 1. The molecule has 108 valence electrons. The van der Waals surface area contributed by atoms with E-state index in [0.717, 1.165) is 5.56 Å². The monoisotopic (exact) mass is 289 g/mol. The third kappa shape index (κ3) is 4.24. The Bertz CT molecular complexity index is 423. The maximum atomic E-state index is 9.66. The first-order valence-electron chi connectivity index (χ1n) is 5.88. The molecule has 0 aromatic heterocycles. The number of aliphatic hydroxyl groups excluding tert-OH is 1. The maximum absolute atomic E-state index is 9.66. The quantitative estimate of drug-likeness (QED) is 0.703. The van der Waals surface area contributed by atoms with E-state index in [9.17, 15) is 5.11 Å². The van der Waals surface area contributed by atoms with Crippen molar-refractivity contribution in [2.45, 2.75) is 19.1 Å². The largest absolute Gasteiger partial charge is 0.493 e. The lowest BCUT2D eigenvalue weighted by Gasteiger charge is -2.21. The van der Waals surface area contributed by atoms with Crippen molar-refractivity contribution in [2.75, 3.05) is 27.4 Å². The van der Waals surface area contributed by atoms with Crippen LogP contribution >= 0.6 is 11.6 Å². The molecule has 0 saturated heterocycles. The molecule has 1 atom stereocenters. The van der Waals surface area contributed by atoms with Gasteiger partial charge in [0.1, 0.15) is 0 Å². The minimum atomic E-state index is -1.15. The molecule has 0 fully saturated rings. The Labute approximate surface area is 118 Å². The van der Waals surface area contributed by atoms with Gasteiger partial charge in [0.25, 0.3) is 0 Å². The lowest BCUT2D eigenvalue weighted by molar-refractivity contribution is 0.00254. The fraction of sp³-hybridized carbons (Fsp3) is 0.538. The standard InChI is InChI=1S/C13H20ClNO4/c1-13(17,8-16)7-15-6-9-4-5-10(18-2)12(19-3)11(9)14/h4-5,15-17H,6-8H2,1-3H3. The number of hydrogen-bond acceptors (Lipinski definition) is 5. The Hall–Kier alpha value is -1.01. The number of ether oxygens (including phenoxy) is 2. The van der Waals surface area contributed by atoms with Crippen LogP contribution in [0.25, 0.3) is 0 Å². The summed E-state index contributed by atoms with van der Waals surface area (Å²) in [6.45, 7) is 1.96. The summed E-state index contributed by atoms with van der Waals surface area (Å²) in [4.78, 5) is 0. The smallest absolute Gasteiger partial charge is 0.179 e. The molecule has 1 unspecified atom stereocenters. The summed E-state index contributed by atoms with van der Waals surface area (Å²) in [5, 5.41) is 22.1. The summed E-state index contributed by atoms with van der Waals surface area (Å²) >= 11 is 6.22. The van der Waals surface area contributed by atoms with Gasteiger partial charge in [-0.05, 0) is 18.6 Å². The SMILES string of the molecule is COc1ccc(CNCC(C)(O)CO)c(Cl)c1OC. The normalized spacial score (nSPS) is 14.0. The highest BCUT2D eigenvalue weighted by Crippen LogP contribution is 2.37. The van der Waals surface area contributed by atoms with Gasteiger partial charge in [-0.2, -0.15) is 0 Å². The zero-order valence-corrected chi connectivity index (χ0v) is 12.1. The van der Waals surface area contributed by atoms with Gasteiger partial charge in [0.05, 0.1) is 31.5 Å². The van der Waals surface area contributed by atoms with Crippen molar-refractivity contribution in [3.8, 4) is 11.5 Å². The minimum absolute atomic E-state index is 0.258. The molecule has 0 bridgehead atoms. The third-order valence-corrected chi connectivity index (χ3v) is 3.14. The van der Waals surface area contributed by atoms with Crippen LogP contribution in [0.5, 0.6) is 11.5 Å². The van der Waals surface area contributed by atoms with Crippen LogP contribution in [0.15, 0.2) is 12.1 Å². The van der Waals surface area contributed by atoms with Gasteiger partial charge in [0.2, 0.25) is 0 Å². The molecule has 3 N–H and O–H groups in total. The number of benzene rings is 1. The summed E-state index contributed by atoms with van der Waals surface area (Å²) in [5.41, 5.74) is -0.323. The topological polar surface area (TPSA) is 71.0 Å². The van der Waals surface area contributed by atoms with Crippen LogP contribution in [-0.2, 0) is 6.54 Å². The predicted octanol–water partition coefficient (Wildman–Crippen LogP) is 1.19. The van der Waals surface area contributed by atoms with E-state index in [1.165, 1.54) is 7.11 Å². The van der Waals surface area contributed by atoms with Gasteiger partial charge in [0.15, 0.2) is 11.5 Å². The lowest BCUT2D eigenvalue weighted by Crippen LogP contribution is -2.40. The first-order chi connectivity index (χ1) is 8.95. The molecule has 1 aromatic carbocycles. The predicted molar refractivity (Wildman–Crippen MR) is 74.0 cm³/mol. The average Bonchev–Trinajstić information content (AvgIpc) is 2.40. The van der Waals surface area contributed by atoms with Crippen LogP contribution in [0.4, 0.5) is 0 Å². The van der Waals surface area contributed by atoms with E-state index < -0.39 is 5.60 Å². The number of methoxy groups -OCH3 is 2. The van der Waals surface area contributed by atoms with E-state index in [2.05, 4.69) is 5.32 Å². The summed E-state index contributed by atoms with van der Waals surface area (Å²) < 4.78 is 10.3. The van der Waals surface area contributed by atoms with Crippen molar-refractivity contribution in [3.05, 3.63) is 22.7 Å². The van der Waals surface area contributed by atoms with Crippen LogP contribution in [0.2, 0.25) is 5.02 Å². The van der Waals surface area contributed by atoms with Crippen molar-refractivity contribution >= 4 is 11.6 Å². The first kappa shape index (κ1) is 16.0. The Morgan fingerprint density at radius 1 is 1.32 bits per heavy atom. The average molecular weight is 290 g/mol. The fourth-order valence-electron chi connectivity index (χ4n) is 1.59. The third-order valence-electron chi connectivity index (χ3n) is 2.73. The molecule has 0 saturated carbocycles. The number of rotatable bonds is 7. The molecule has 19 heavy (non-hydrogen) atoms. The van der Waals surface area contributed by atoms with Crippen molar-refractivity contribution in [1.82, 2.24) is 5.32 Å². The Kier molecular flexibility index (Phi) is 5.87. The number of hydrogen-bond donors (Lipinski definition) is 3. The minimum Gasteiger partial charge on any atom is -0.493 e.